The number of rotatable bonds is 3. The molecule has 0 amide bonds. The number of sulfonamides is 1. The zero-order chi connectivity index (χ0) is 15.1. The first kappa shape index (κ1) is 15.1. The average molecular weight is 359 g/mol. The number of aryl methyl sites for hydroxylation is 4. The molecule has 0 saturated carbocycles. The van der Waals surface area contributed by atoms with Crippen LogP contribution in [0.2, 0.25) is 0 Å². The molecule has 0 spiro atoms. The van der Waals surface area contributed by atoms with E-state index >= 15 is 0 Å². The van der Waals surface area contributed by atoms with E-state index in [9.17, 15) is 8.42 Å². The van der Waals surface area contributed by atoms with Crippen LogP contribution >= 0.6 is 15.9 Å². The van der Waals surface area contributed by atoms with E-state index in [1.807, 2.05) is 19.1 Å². The van der Waals surface area contributed by atoms with Gasteiger partial charge in [-0.05, 0) is 54.8 Å². The van der Waals surface area contributed by atoms with Crippen LogP contribution in [-0.2, 0) is 10.0 Å². The van der Waals surface area contributed by atoms with Gasteiger partial charge in [0.05, 0.1) is 10.6 Å². The van der Waals surface area contributed by atoms with Gasteiger partial charge in [-0.1, -0.05) is 22.9 Å². The minimum absolute atomic E-state index is 0.0851. The van der Waals surface area contributed by atoms with Gasteiger partial charge >= 0.3 is 0 Å². The lowest BCUT2D eigenvalue weighted by Crippen LogP contribution is -2.15. The van der Waals surface area contributed by atoms with Crippen molar-refractivity contribution in [3.05, 3.63) is 39.0 Å². The molecule has 2 aromatic rings. The van der Waals surface area contributed by atoms with Crippen LogP contribution < -0.4 is 4.72 Å². The van der Waals surface area contributed by atoms with Crippen molar-refractivity contribution in [3.8, 4) is 0 Å². The van der Waals surface area contributed by atoms with E-state index in [-0.39, 0.29) is 10.8 Å². The van der Waals surface area contributed by atoms with Gasteiger partial charge in [-0.2, -0.15) is 0 Å². The second kappa shape index (κ2) is 5.21. The molecular weight excluding hydrogens is 344 g/mol. The Bertz CT molecular complexity index is 743. The highest BCUT2D eigenvalue weighted by atomic mass is 79.9. The number of aromatic nitrogens is 1. The van der Waals surface area contributed by atoms with Gasteiger partial charge in [0.2, 0.25) is 0 Å². The van der Waals surface area contributed by atoms with Crippen LogP contribution in [0.25, 0.3) is 0 Å². The largest absolute Gasteiger partial charge is 0.336 e. The Kier molecular flexibility index (Phi) is 3.93. The van der Waals surface area contributed by atoms with E-state index in [4.69, 9.17) is 4.52 Å². The molecule has 5 nitrogen and oxygen atoms in total. The molecule has 1 heterocycles. The Morgan fingerprint density at radius 3 is 2.15 bits per heavy atom. The average Bonchev–Trinajstić information content (AvgIpc) is 2.58. The highest BCUT2D eigenvalue weighted by molar-refractivity contribution is 9.10. The van der Waals surface area contributed by atoms with Crippen LogP contribution in [0.1, 0.15) is 22.4 Å². The van der Waals surface area contributed by atoms with Crippen molar-refractivity contribution in [2.24, 2.45) is 0 Å². The minimum atomic E-state index is -3.71. The van der Waals surface area contributed by atoms with Crippen molar-refractivity contribution in [1.82, 2.24) is 5.16 Å². The molecule has 0 aliphatic rings. The fourth-order valence-electron chi connectivity index (χ4n) is 2.19. The summed E-state index contributed by atoms with van der Waals surface area (Å²) in [5, 5.41) is 3.70. The van der Waals surface area contributed by atoms with Gasteiger partial charge in [0.15, 0.2) is 0 Å². The molecule has 0 unspecified atom stereocenters. The van der Waals surface area contributed by atoms with Crippen molar-refractivity contribution in [3.63, 3.8) is 0 Å². The van der Waals surface area contributed by atoms with E-state index < -0.39 is 10.0 Å². The van der Waals surface area contributed by atoms with Gasteiger partial charge < -0.3 is 4.52 Å². The lowest BCUT2D eigenvalue weighted by molar-refractivity contribution is 0.430. The van der Waals surface area contributed by atoms with Crippen molar-refractivity contribution >= 4 is 31.8 Å². The number of halogens is 1. The summed E-state index contributed by atoms with van der Waals surface area (Å²) < 4.78 is 32.9. The normalized spacial score (nSPS) is 11.7. The summed E-state index contributed by atoms with van der Waals surface area (Å²) >= 11 is 3.24. The molecule has 0 aliphatic carbocycles. The van der Waals surface area contributed by atoms with Crippen LogP contribution in [0.5, 0.6) is 0 Å². The molecule has 20 heavy (non-hydrogen) atoms. The van der Waals surface area contributed by atoms with Crippen molar-refractivity contribution in [1.29, 1.82) is 0 Å². The molecule has 0 radical (unpaired) electrons. The van der Waals surface area contributed by atoms with E-state index in [2.05, 4.69) is 25.8 Å². The van der Waals surface area contributed by atoms with Gasteiger partial charge in [0.25, 0.3) is 15.9 Å². The first-order valence-corrected chi connectivity index (χ1v) is 8.22. The number of benzene rings is 1. The molecule has 0 atom stereocenters. The molecule has 2 rings (SSSR count). The Morgan fingerprint density at radius 2 is 1.70 bits per heavy atom. The molecule has 108 valence electrons. The number of hydrogen-bond acceptors (Lipinski definition) is 4. The predicted molar refractivity (Wildman–Crippen MR) is 80.4 cm³/mol. The third-order valence-electron chi connectivity index (χ3n) is 2.89. The van der Waals surface area contributed by atoms with E-state index in [0.717, 1.165) is 5.56 Å². The van der Waals surface area contributed by atoms with E-state index in [0.29, 0.717) is 21.3 Å². The highest BCUT2D eigenvalue weighted by Gasteiger charge is 2.23. The summed E-state index contributed by atoms with van der Waals surface area (Å²) in [7, 11) is -3.71. The fraction of sp³-hybridized carbons (Fsp3) is 0.308. The zero-order valence-corrected chi connectivity index (χ0v) is 14.0. The fourth-order valence-corrected chi connectivity index (χ4v) is 4.01. The van der Waals surface area contributed by atoms with Gasteiger partial charge in [0.1, 0.15) is 4.47 Å². The quantitative estimate of drug-likeness (QED) is 0.911. The lowest BCUT2D eigenvalue weighted by Gasteiger charge is -2.12. The monoisotopic (exact) mass is 358 g/mol. The number of hydrogen-bond donors (Lipinski definition) is 1. The zero-order valence-electron chi connectivity index (χ0n) is 11.6. The van der Waals surface area contributed by atoms with Gasteiger partial charge in [0, 0.05) is 0 Å². The third-order valence-corrected chi connectivity index (χ3v) is 5.46. The number of nitrogens with one attached hydrogen (secondary N) is 1. The maximum absolute atomic E-state index is 12.5. The summed E-state index contributed by atoms with van der Waals surface area (Å²) in [5.74, 6) is 0.0851. The maximum atomic E-state index is 12.5. The first-order valence-electron chi connectivity index (χ1n) is 5.95. The maximum Gasteiger partial charge on any atom is 0.264 e. The van der Waals surface area contributed by atoms with Crippen molar-refractivity contribution in [2.75, 3.05) is 4.72 Å². The molecule has 1 aromatic carbocycles. The van der Waals surface area contributed by atoms with Gasteiger partial charge in [-0.25, -0.2) is 13.1 Å². The summed E-state index contributed by atoms with van der Waals surface area (Å²) in [6, 6.07) is 3.67. The predicted octanol–water partition coefficient (Wildman–Crippen LogP) is 3.47. The van der Waals surface area contributed by atoms with Gasteiger partial charge in [-0.15, -0.1) is 0 Å². The Hall–Kier alpha value is -1.34. The standard InChI is InChI=1S/C13H15BrN2O3S/c1-7-5-8(2)12(9(3)6-7)20(17,18)16-13-11(14)10(4)15-19-13/h5-6,16H,1-4H3. The summed E-state index contributed by atoms with van der Waals surface area (Å²) in [5.41, 5.74) is 3.00. The smallest absolute Gasteiger partial charge is 0.264 e. The van der Waals surface area contributed by atoms with E-state index in [1.165, 1.54) is 0 Å². The van der Waals surface area contributed by atoms with Crippen molar-refractivity contribution in [2.45, 2.75) is 32.6 Å². The molecule has 7 heteroatoms. The molecule has 0 fully saturated rings. The van der Waals surface area contributed by atoms with E-state index in [1.54, 1.807) is 20.8 Å². The van der Waals surface area contributed by atoms with Gasteiger partial charge in [-0.3, -0.25) is 0 Å². The number of anilines is 1. The Labute approximate surface area is 126 Å². The Balaban J connectivity index is 2.49. The summed E-state index contributed by atoms with van der Waals surface area (Å²) in [6.07, 6.45) is 0. The van der Waals surface area contributed by atoms with Crippen LogP contribution in [0.3, 0.4) is 0 Å². The molecule has 0 aliphatic heterocycles. The van der Waals surface area contributed by atoms with Crippen molar-refractivity contribution < 1.29 is 12.9 Å². The highest BCUT2D eigenvalue weighted by Crippen LogP contribution is 2.29. The summed E-state index contributed by atoms with van der Waals surface area (Å²) in [6.45, 7) is 7.19. The summed E-state index contributed by atoms with van der Waals surface area (Å²) in [4.78, 5) is 0.268. The molecular formula is C13H15BrN2O3S. The van der Waals surface area contributed by atoms with Crippen LogP contribution in [0.15, 0.2) is 26.0 Å². The molecule has 1 aromatic heterocycles. The second-order valence-electron chi connectivity index (χ2n) is 4.74. The SMILES string of the molecule is Cc1cc(C)c(S(=O)(=O)Nc2onc(C)c2Br)c(C)c1. The topological polar surface area (TPSA) is 72.2 Å². The van der Waals surface area contributed by atoms with Crippen LogP contribution in [0.4, 0.5) is 5.88 Å². The second-order valence-corrected chi connectivity index (χ2v) is 7.16. The third kappa shape index (κ3) is 2.73. The van der Waals surface area contributed by atoms with Crippen LogP contribution in [-0.4, -0.2) is 13.6 Å². The first-order chi connectivity index (χ1) is 9.22. The molecule has 0 bridgehead atoms. The molecule has 1 N–H and O–H groups in total. The lowest BCUT2D eigenvalue weighted by atomic mass is 10.1. The van der Waals surface area contributed by atoms with Crippen LogP contribution in [0, 0.1) is 27.7 Å². The molecule has 0 saturated heterocycles. The minimum Gasteiger partial charge on any atom is -0.336 e. The Morgan fingerprint density at radius 1 is 1.15 bits per heavy atom. The number of nitrogens with zero attached hydrogens (tertiary/aromatic N) is 1.